The first-order valence-electron chi connectivity index (χ1n) is 7.44. The molecule has 1 atom stereocenters. The molecule has 0 spiro atoms. The topological polar surface area (TPSA) is 103 Å². The molecule has 0 radical (unpaired) electrons. The molecule has 0 fully saturated rings. The molecule has 23 heavy (non-hydrogen) atoms. The van der Waals surface area contributed by atoms with Gasteiger partial charge in [0.2, 0.25) is 11.6 Å². The van der Waals surface area contributed by atoms with Crippen LogP contribution in [-0.2, 0) is 12.2 Å². The minimum atomic E-state index is -1.55. The maximum Gasteiger partial charge on any atom is 0.232 e. The van der Waals surface area contributed by atoms with E-state index in [9.17, 15) is 4.55 Å². The molecule has 0 amide bonds. The van der Waals surface area contributed by atoms with E-state index < -0.39 is 11.1 Å². The Labute approximate surface area is 143 Å². The van der Waals surface area contributed by atoms with Crippen LogP contribution < -0.4 is 11.1 Å². The van der Waals surface area contributed by atoms with Crippen molar-refractivity contribution in [2.45, 2.75) is 18.6 Å². The smallest absolute Gasteiger partial charge is 0.232 e. The molecule has 2 rings (SSSR count). The minimum absolute atomic E-state index is 0.219. The van der Waals surface area contributed by atoms with E-state index in [1.165, 1.54) is 0 Å². The zero-order chi connectivity index (χ0) is 16.7. The fourth-order valence-electron chi connectivity index (χ4n) is 1.92. The molecule has 7 nitrogen and oxygen atoms in total. The van der Waals surface area contributed by atoms with Gasteiger partial charge in [0.05, 0.1) is 5.75 Å². The van der Waals surface area contributed by atoms with Crippen LogP contribution in [0.2, 0.25) is 0 Å². The summed E-state index contributed by atoms with van der Waals surface area (Å²) in [7, 11) is 4.12. The van der Waals surface area contributed by atoms with Crippen molar-refractivity contribution in [3.05, 3.63) is 23.7 Å². The summed E-state index contributed by atoms with van der Waals surface area (Å²) < 4.78 is 24.3. The molecule has 0 aliphatic rings. The van der Waals surface area contributed by atoms with E-state index in [2.05, 4.69) is 45.2 Å². The van der Waals surface area contributed by atoms with Gasteiger partial charge in [-0.2, -0.15) is 11.8 Å². The Morgan fingerprint density at radius 2 is 2.13 bits per heavy atom. The zero-order valence-electron chi connectivity index (χ0n) is 13.4. The third-order valence-corrected chi connectivity index (χ3v) is 4.87. The molecular formula is C14H23N5O2S2. The Morgan fingerprint density at radius 1 is 1.35 bits per heavy atom. The number of rotatable bonds is 10. The van der Waals surface area contributed by atoms with E-state index in [1.54, 1.807) is 0 Å². The van der Waals surface area contributed by atoms with E-state index in [0.717, 1.165) is 49.0 Å². The van der Waals surface area contributed by atoms with Crippen molar-refractivity contribution in [3.63, 3.8) is 0 Å². The van der Waals surface area contributed by atoms with Gasteiger partial charge in [0, 0.05) is 28.3 Å². The van der Waals surface area contributed by atoms with Gasteiger partial charge in [0.15, 0.2) is 11.1 Å². The second-order valence-corrected chi connectivity index (χ2v) is 7.33. The molecule has 0 saturated heterocycles. The van der Waals surface area contributed by atoms with Crippen LogP contribution in [0, 0.1) is 0 Å². The molecule has 0 aliphatic carbocycles. The standard InChI is InChI=1S/C14H23N5O2S2/c1-19(2)8-6-11-4-5-12(21-11)10-22-9-3-7-16-14-13(15)17-23(20)18-14/h4-5H,3,6-10H2,1-2H3,(H2,15,17)(H,16,18). The Hall–Kier alpha value is -1.29. The fraction of sp³-hybridized carbons (Fsp3) is 0.571. The average Bonchev–Trinajstić information content (AvgIpc) is 3.07. The maximum absolute atomic E-state index is 11.0. The summed E-state index contributed by atoms with van der Waals surface area (Å²) in [5, 5.41) is 3.05. The monoisotopic (exact) mass is 357 g/mol. The summed E-state index contributed by atoms with van der Waals surface area (Å²) in [5.41, 5.74) is 5.57. The van der Waals surface area contributed by atoms with E-state index in [4.69, 9.17) is 10.2 Å². The number of nitrogens with two attached hydrogens (primary N) is 1. The van der Waals surface area contributed by atoms with Gasteiger partial charge in [0.1, 0.15) is 11.5 Å². The number of nitrogens with one attached hydrogen (secondary N) is 1. The zero-order valence-corrected chi connectivity index (χ0v) is 15.1. The number of aromatic nitrogens is 2. The molecular weight excluding hydrogens is 334 g/mol. The fourth-order valence-corrected chi connectivity index (χ4v) is 3.38. The second-order valence-electron chi connectivity index (χ2n) is 5.40. The average molecular weight is 358 g/mol. The van der Waals surface area contributed by atoms with Gasteiger partial charge in [-0.25, -0.2) is 0 Å². The van der Waals surface area contributed by atoms with Crippen molar-refractivity contribution in [2.75, 3.05) is 44.0 Å². The highest BCUT2D eigenvalue weighted by Crippen LogP contribution is 2.19. The van der Waals surface area contributed by atoms with Gasteiger partial charge < -0.3 is 24.9 Å². The summed E-state index contributed by atoms with van der Waals surface area (Å²) in [6, 6.07) is 4.11. The summed E-state index contributed by atoms with van der Waals surface area (Å²) in [5.74, 6) is 4.58. The highest BCUT2D eigenvalue weighted by atomic mass is 32.2. The van der Waals surface area contributed by atoms with Gasteiger partial charge in [-0.05, 0) is 38.4 Å². The molecule has 9 heteroatoms. The van der Waals surface area contributed by atoms with Crippen LogP contribution in [0.3, 0.4) is 0 Å². The van der Waals surface area contributed by atoms with Gasteiger partial charge in [-0.15, -0.1) is 0 Å². The van der Waals surface area contributed by atoms with Gasteiger partial charge in [-0.1, -0.05) is 0 Å². The third kappa shape index (κ3) is 6.38. The van der Waals surface area contributed by atoms with Crippen LogP contribution in [0.5, 0.6) is 0 Å². The number of hydrogen-bond acceptors (Lipinski definition) is 8. The summed E-state index contributed by atoms with van der Waals surface area (Å²) in [4.78, 5) is 2.14. The highest BCUT2D eigenvalue weighted by molar-refractivity contribution is 7.98. The normalized spacial score (nSPS) is 12.1. The molecule has 2 aromatic rings. The molecule has 3 N–H and O–H groups in total. The Morgan fingerprint density at radius 3 is 2.83 bits per heavy atom. The van der Waals surface area contributed by atoms with Crippen molar-refractivity contribution < 1.29 is 8.97 Å². The lowest BCUT2D eigenvalue weighted by atomic mass is 10.3. The lowest BCUT2D eigenvalue weighted by molar-refractivity contribution is 0.385. The number of likely N-dealkylation sites (N-methyl/N-ethyl adjacent to an activating group) is 1. The largest absolute Gasteiger partial charge is 0.546 e. The van der Waals surface area contributed by atoms with Crippen LogP contribution in [-0.4, -0.2) is 51.1 Å². The summed E-state index contributed by atoms with van der Waals surface area (Å²) >= 11 is 0.271. The number of anilines is 2. The molecule has 2 aromatic heterocycles. The second kappa shape index (κ2) is 9.11. The van der Waals surface area contributed by atoms with Crippen LogP contribution in [0.4, 0.5) is 11.6 Å². The molecule has 0 aliphatic heterocycles. The number of thioether (sulfide) groups is 1. The SMILES string of the molecule is CN(C)CCc1ccc(CSCCCNc2n[s+]([O-])nc2N)o1. The van der Waals surface area contributed by atoms with E-state index in [-0.39, 0.29) is 5.82 Å². The van der Waals surface area contributed by atoms with E-state index >= 15 is 0 Å². The quantitative estimate of drug-likeness (QED) is 0.493. The maximum atomic E-state index is 11.0. The van der Waals surface area contributed by atoms with Gasteiger partial charge in [-0.3, -0.25) is 0 Å². The Balaban J connectivity index is 1.58. The Kier molecular flexibility index (Phi) is 7.15. The molecule has 0 bridgehead atoms. The molecule has 128 valence electrons. The van der Waals surface area contributed by atoms with Crippen molar-refractivity contribution in [1.82, 2.24) is 13.6 Å². The number of hydrogen-bond donors (Lipinski definition) is 2. The van der Waals surface area contributed by atoms with Crippen LogP contribution in [0.15, 0.2) is 16.5 Å². The molecule has 2 heterocycles. The molecule has 0 aromatic carbocycles. The van der Waals surface area contributed by atoms with Crippen molar-refractivity contribution in [1.29, 1.82) is 0 Å². The lowest BCUT2D eigenvalue weighted by Gasteiger charge is -2.06. The molecule has 1 unspecified atom stereocenters. The predicted molar refractivity (Wildman–Crippen MR) is 95.3 cm³/mol. The third-order valence-electron chi connectivity index (χ3n) is 3.11. The number of furan rings is 1. The summed E-state index contributed by atoms with van der Waals surface area (Å²) in [6.07, 6.45) is 1.89. The van der Waals surface area contributed by atoms with Crippen molar-refractivity contribution >= 4 is 34.5 Å². The minimum Gasteiger partial charge on any atom is -0.546 e. The van der Waals surface area contributed by atoms with Gasteiger partial charge >= 0.3 is 0 Å². The van der Waals surface area contributed by atoms with Crippen LogP contribution in [0.25, 0.3) is 0 Å². The van der Waals surface area contributed by atoms with E-state index in [0.29, 0.717) is 5.82 Å². The number of nitrogens with zero attached hydrogens (tertiary/aromatic N) is 3. The van der Waals surface area contributed by atoms with Crippen molar-refractivity contribution in [2.24, 2.45) is 0 Å². The van der Waals surface area contributed by atoms with Crippen molar-refractivity contribution in [3.8, 4) is 0 Å². The summed E-state index contributed by atoms with van der Waals surface area (Å²) in [6.45, 7) is 1.72. The highest BCUT2D eigenvalue weighted by Gasteiger charge is 2.10. The number of nitrogen functional groups attached to an aromatic ring is 1. The first kappa shape index (κ1) is 18.1. The van der Waals surface area contributed by atoms with Crippen LogP contribution >= 0.6 is 22.9 Å². The first-order chi connectivity index (χ1) is 11.0. The lowest BCUT2D eigenvalue weighted by Crippen LogP contribution is -2.14. The van der Waals surface area contributed by atoms with E-state index in [1.807, 2.05) is 11.8 Å². The van der Waals surface area contributed by atoms with Crippen LogP contribution in [0.1, 0.15) is 17.9 Å². The first-order valence-corrected chi connectivity index (χ1v) is 9.65. The molecule has 0 saturated carbocycles. The van der Waals surface area contributed by atoms with Gasteiger partial charge in [0.25, 0.3) is 0 Å². The predicted octanol–water partition coefficient (Wildman–Crippen LogP) is 2.22. The Bertz CT molecular complexity index is 600.